The lowest BCUT2D eigenvalue weighted by Gasteiger charge is -2.12. The predicted octanol–water partition coefficient (Wildman–Crippen LogP) is 6.51. The van der Waals surface area contributed by atoms with Crippen LogP contribution in [0.5, 0.6) is 11.5 Å². The van der Waals surface area contributed by atoms with Crippen LogP contribution in [0.4, 0.5) is 13.2 Å². The molecule has 0 amide bonds. The zero-order chi connectivity index (χ0) is 21.3. The van der Waals surface area contributed by atoms with Crippen molar-refractivity contribution in [3.8, 4) is 45.1 Å². The van der Waals surface area contributed by atoms with E-state index in [-0.39, 0.29) is 11.5 Å². The van der Waals surface area contributed by atoms with Gasteiger partial charge in [-0.25, -0.2) is 4.98 Å². The Morgan fingerprint density at radius 2 is 1.07 bits per heavy atom. The van der Waals surface area contributed by atoms with E-state index in [4.69, 9.17) is 0 Å². The summed E-state index contributed by atoms with van der Waals surface area (Å²) in [6.07, 6.45) is -4.44. The van der Waals surface area contributed by atoms with Gasteiger partial charge in [-0.2, -0.15) is 13.2 Å². The highest BCUT2D eigenvalue weighted by Crippen LogP contribution is 2.35. The minimum atomic E-state index is -4.44. The summed E-state index contributed by atoms with van der Waals surface area (Å²) in [4.78, 5) is 4.64. The SMILES string of the molecule is Oc1ccc(-c2cc(-c3cccc(C(F)(F)F)c3)cc(-c3ccc(O)cc3)n2)cc1. The molecule has 150 valence electrons. The van der Waals surface area contributed by atoms with Gasteiger partial charge < -0.3 is 10.2 Å². The standard InChI is InChI=1S/C24H16F3NO2/c25-24(26,27)19-3-1-2-17(12-19)18-13-22(15-4-8-20(29)9-5-15)28-23(14-18)16-6-10-21(30)11-7-16/h1-14,29-30H. The first-order valence-corrected chi connectivity index (χ1v) is 9.08. The van der Waals surface area contributed by atoms with Gasteiger partial charge in [-0.05, 0) is 83.9 Å². The number of phenolic OH excluding ortho intramolecular Hbond substituents is 2. The van der Waals surface area contributed by atoms with E-state index in [0.29, 0.717) is 33.6 Å². The number of hydrogen-bond donors (Lipinski definition) is 2. The van der Waals surface area contributed by atoms with Crippen LogP contribution in [0.1, 0.15) is 5.56 Å². The van der Waals surface area contributed by atoms with Crippen molar-refractivity contribution in [2.45, 2.75) is 6.18 Å². The van der Waals surface area contributed by atoms with Crippen molar-refractivity contribution in [3.63, 3.8) is 0 Å². The summed E-state index contributed by atoms with van der Waals surface area (Å²) in [5.74, 6) is 0.207. The van der Waals surface area contributed by atoms with Gasteiger partial charge in [-0.1, -0.05) is 12.1 Å². The van der Waals surface area contributed by atoms with Crippen LogP contribution in [0.15, 0.2) is 84.9 Å². The second-order valence-corrected chi connectivity index (χ2v) is 6.80. The Morgan fingerprint density at radius 1 is 0.567 bits per heavy atom. The summed E-state index contributed by atoms with van der Waals surface area (Å²) in [5, 5.41) is 19.1. The highest BCUT2D eigenvalue weighted by Gasteiger charge is 2.30. The monoisotopic (exact) mass is 407 g/mol. The second kappa shape index (κ2) is 7.55. The Kier molecular flexibility index (Phi) is 4.91. The van der Waals surface area contributed by atoms with Gasteiger partial charge in [-0.3, -0.25) is 0 Å². The number of pyridine rings is 1. The molecule has 0 aliphatic carbocycles. The molecule has 6 heteroatoms. The van der Waals surface area contributed by atoms with E-state index in [1.165, 1.54) is 30.3 Å². The summed E-state index contributed by atoms with van der Waals surface area (Å²) in [5.41, 5.74) is 2.77. The number of halogens is 3. The third-order valence-electron chi connectivity index (χ3n) is 4.67. The van der Waals surface area contributed by atoms with Crippen molar-refractivity contribution in [3.05, 3.63) is 90.5 Å². The molecular formula is C24H16F3NO2. The highest BCUT2D eigenvalue weighted by atomic mass is 19.4. The third kappa shape index (κ3) is 4.12. The van der Waals surface area contributed by atoms with Crippen LogP contribution in [-0.4, -0.2) is 15.2 Å². The van der Waals surface area contributed by atoms with Crippen LogP contribution in [0.2, 0.25) is 0 Å². The maximum atomic E-state index is 13.2. The molecule has 0 bridgehead atoms. The van der Waals surface area contributed by atoms with Gasteiger partial charge in [0, 0.05) is 11.1 Å². The quantitative estimate of drug-likeness (QED) is 0.407. The smallest absolute Gasteiger partial charge is 0.416 e. The van der Waals surface area contributed by atoms with Crippen LogP contribution in [0.25, 0.3) is 33.6 Å². The fourth-order valence-electron chi connectivity index (χ4n) is 3.13. The number of hydrogen-bond acceptors (Lipinski definition) is 3. The number of benzene rings is 3. The van der Waals surface area contributed by atoms with Crippen molar-refractivity contribution in [2.24, 2.45) is 0 Å². The Hall–Kier alpha value is -3.80. The average Bonchev–Trinajstić information content (AvgIpc) is 2.74. The molecule has 0 saturated carbocycles. The molecule has 0 atom stereocenters. The summed E-state index contributed by atoms with van der Waals surface area (Å²) < 4.78 is 39.6. The molecule has 0 spiro atoms. The molecule has 0 fully saturated rings. The van der Waals surface area contributed by atoms with E-state index in [0.717, 1.165) is 12.1 Å². The van der Waals surface area contributed by atoms with Gasteiger partial charge in [0.1, 0.15) is 11.5 Å². The highest BCUT2D eigenvalue weighted by molar-refractivity contribution is 5.77. The van der Waals surface area contributed by atoms with Gasteiger partial charge in [-0.15, -0.1) is 0 Å². The van der Waals surface area contributed by atoms with Gasteiger partial charge in [0.25, 0.3) is 0 Å². The molecule has 1 heterocycles. The first-order valence-electron chi connectivity index (χ1n) is 9.08. The van der Waals surface area contributed by atoms with Gasteiger partial charge in [0.15, 0.2) is 0 Å². The zero-order valence-electron chi connectivity index (χ0n) is 15.6. The lowest BCUT2D eigenvalue weighted by molar-refractivity contribution is -0.137. The number of rotatable bonds is 3. The van der Waals surface area contributed by atoms with E-state index in [1.807, 2.05) is 0 Å². The molecule has 0 unspecified atom stereocenters. The van der Waals surface area contributed by atoms with Crippen molar-refractivity contribution in [1.82, 2.24) is 4.98 Å². The van der Waals surface area contributed by atoms with E-state index in [9.17, 15) is 23.4 Å². The van der Waals surface area contributed by atoms with E-state index in [1.54, 1.807) is 42.5 Å². The number of aromatic nitrogens is 1. The minimum absolute atomic E-state index is 0.103. The van der Waals surface area contributed by atoms with Gasteiger partial charge >= 0.3 is 6.18 Å². The van der Waals surface area contributed by atoms with E-state index >= 15 is 0 Å². The van der Waals surface area contributed by atoms with E-state index in [2.05, 4.69) is 4.98 Å². The number of nitrogens with zero attached hydrogens (tertiary/aromatic N) is 1. The molecular weight excluding hydrogens is 391 g/mol. The van der Waals surface area contributed by atoms with Crippen molar-refractivity contribution in [1.29, 1.82) is 0 Å². The Morgan fingerprint density at radius 3 is 1.53 bits per heavy atom. The lowest BCUT2D eigenvalue weighted by Crippen LogP contribution is -2.04. The fraction of sp³-hybridized carbons (Fsp3) is 0.0417. The van der Waals surface area contributed by atoms with E-state index < -0.39 is 11.7 Å². The third-order valence-corrected chi connectivity index (χ3v) is 4.67. The van der Waals surface area contributed by atoms with Crippen LogP contribution >= 0.6 is 0 Å². The zero-order valence-corrected chi connectivity index (χ0v) is 15.6. The Balaban J connectivity index is 1.89. The minimum Gasteiger partial charge on any atom is -0.508 e. The van der Waals surface area contributed by atoms with Crippen LogP contribution < -0.4 is 0 Å². The molecule has 4 rings (SSSR count). The molecule has 4 aromatic rings. The lowest BCUT2D eigenvalue weighted by atomic mass is 9.98. The Bertz CT molecular complexity index is 1120. The van der Waals surface area contributed by atoms with Crippen LogP contribution in [0.3, 0.4) is 0 Å². The van der Waals surface area contributed by atoms with Crippen LogP contribution in [0, 0.1) is 0 Å². The molecule has 30 heavy (non-hydrogen) atoms. The van der Waals surface area contributed by atoms with Crippen molar-refractivity contribution >= 4 is 0 Å². The maximum Gasteiger partial charge on any atom is 0.416 e. The maximum absolute atomic E-state index is 13.2. The molecule has 0 radical (unpaired) electrons. The number of phenols is 2. The van der Waals surface area contributed by atoms with Gasteiger partial charge in [0.2, 0.25) is 0 Å². The van der Waals surface area contributed by atoms with Crippen LogP contribution in [-0.2, 0) is 6.18 Å². The largest absolute Gasteiger partial charge is 0.508 e. The summed E-state index contributed by atoms with van der Waals surface area (Å²) in [7, 11) is 0. The molecule has 1 aromatic heterocycles. The molecule has 3 aromatic carbocycles. The predicted molar refractivity (Wildman–Crippen MR) is 109 cm³/mol. The Labute approximate surface area is 170 Å². The second-order valence-electron chi connectivity index (χ2n) is 6.80. The summed E-state index contributed by atoms with van der Waals surface area (Å²) in [6, 6.07) is 21.4. The summed E-state index contributed by atoms with van der Waals surface area (Å²) in [6.45, 7) is 0. The van der Waals surface area contributed by atoms with Gasteiger partial charge in [0.05, 0.1) is 17.0 Å². The number of aromatic hydroxyl groups is 2. The molecule has 0 aliphatic rings. The fourth-order valence-corrected chi connectivity index (χ4v) is 3.13. The summed E-state index contributed by atoms with van der Waals surface area (Å²) >= 11 is 0. The first kappa shape index (κ1) is 19.5. The van der Waals surface area contributed by atoms with Crippen molar-refractivity contribution in [2.75, 3.05) is 0 Å². The molecule has 3 nitrogen and oxygen atoms in total. The molecule has 0 saturated heterocycles. The molecule has 0 aliphatic heterocycles. The van der Waals surface area contributed by atoms with Crippen molar-refractivity contribution < 1.29 is 23.4 Å². The average molecular weight is 407 g/mol. The molecule has 2 N–H and O–H groups in total. The topological polar surface area (TPSA) is 53.4 Å². The first-order chi connectivity index (χ1) is 14.3. The number of alkyl halides is 3. The normalized spacial score (nSPS) is 11.4.